The van der Waals surface area contributed by atoms with Crippen molar-refractivity contribution in [3.63, 3.8) is 0 Å². The van der Waals surface area contributed by atoms with Gasteiger partial charge >= 0.3 is 6.18 Å². The van der Waals surface area contributed by atoms with Gasteiger partial charge in [-0.05, 0) is 24.6 Å². The lowest BCUT2D eigenvalue weighted by Gasteiger charge is -2.28. The van der Waals surface area contributed by atoms with Crippen LogP contribution >= 0.6 is 0 Å². The molecule has 2 nitrogen and oxygen atoms in total. The minimum Gasteiger partial charge on any atom is -0.381 e. The first-order chi connectivity index (χ1) is 7.50. The summed E-state index contributed by atoms with van der Waals surface area (Å²) < 4.78 is 37.4. The molecule has 0 aromatic heterocycles. The molecule has 1 heterocycles. The van der Waals surface area contributed by atoms with Gasteiger partial charge in [-0.15, -0.1) is 0 Å². The SMILES string of the molecule is CC[C@@H]1CNc2cc(C(F)(F)F)ccc2N1. The molecule has 0 radical (unpaired) electrons. The Bertz CT molecular complexity index is 387. The van der Waals surface area contributed by atoms with Gasteiger partial charge in [-0.1, -0.05) is 6.92 Å². The van der Waals surface area contributed by atoms with Crippen molar-refractivity contribution < 1.29 is 13.2 Å². The van der Waals surface area contributed by atoms with E-state index in [4.69, 9.17) is 0 Å². The molecular weight excluding hydrogens is 217 g/mol. The third kappa shape index (κ3) is 2.08. The average molecular weight is 230 g/mol. The van der Waals surface area contributed by atoms with E-state index in [1.54, 1.807) is 0 Å². The quantitative estimate of drug-likeness (QED) is 0.773. The number of hydrogen-bond donors (Lipinski definition) is 2. The van der Waals surface area contributed by atoms with Crippen LogP contribution in [0.15, 0.2) is 18.2 Å². The van der Waals surface area contributed by atoms with Crippen molar-refractivity contribution in [1.82, 2.24) is 0 Å². The van der Waals surface area contributed by atoms with Crippen LogP contribution in [0.4, 0.5) is 24.5 Å². The van der Waals surface area contributed by atoms with Crippen molar-refractivity contribution in [1.29, 1.82) is 0 Å². The third-order valence-corrected chi connectivity index (χ3v) is 2.74. The van der Waals surface area contributed by atoms with Crippen molar-refractivity contribution in [2.75, 3.05) is 17.2 Å². The summed E-state index contributed by atoms with van der Waals surface area (Å²) in [6.45, 7) is 2.69. The van der Waals surface area contributed by atoms with Gasteiger partial charge in [-0.25, -0.2) is 0 Å². The smallest absolute Gasteiger partial charge is 0.381 e. The highest BCUT2D eigenvalue weighted by Gasteiger charge is 2.31. The predicted octanol–water partition coefficient (Wildman–Crippen LogP) is 3.32. The summed E-state index contributed by atoms with van der Waals surface area (Å²) in [6.07, 6.45) is -3.34. The fraction of sp³-hybridized carbons (Fsp3) is 0.455. The van der Waals surface area contributed by atoms with E-state index in [9.17, 15) is 13.2 Å². The van der Waals surface area contributed by atoms with Crippen molar-refractivity contribution in [3.8, 4) is 0 Å². The Kier molecular flexibility index (Phi) is 2.69. The molecule has 0 saturated heterocycles. The van der Waals surface area contributed by atoms with E-state index in [2.05, 4.69) is 10.6 Å². The Morgan fingerprint density at radius 3 is 2.69 bits per heavy atom. The zero-order chi connectivity index (χ0) is 11.8. The number of hydrogen-bond acceptors (Lipinski definition) is 2. The molecule has 0 amide bonds. The minimum atomic E-state index is -4.28. The van der Waals surface area contributed by atoms with Gasteiger partial charge in [-0.2, -0.15) is 13.2 Å². The van der Waals surface area contributed by atoms with Crippen molar-refractivity contribution in [3.05, 3.63) is 23.8 Å². The van der Waals surface area contributed by atoms with Crippen LogP contribution in [-0.2, 0) is 6.18 Å². The van der Waals surface area contributed by atoms with Gasteiger partial charge < -0.3 is 10.6 Å². The maximum atomic E-state index is 12.5. The minimum absolute atomic E-state index is 0.282. The Morgan fingerprint density at radius 2 is 2.06 bits per heavy atom. The van der Waals surface area contributed by atoms with E-state index >= 15 is 0 Å². The molecular formula is C11H13F3N2. The highest BCUT2D eigenvalue weighted by atomic mass is 19.4. The Labute approximate surface area is 91.8 Å². The fourth-order valence-electron chi connectivity index (χ4n) is 1.74. The van der Waals surface area contributed by atoms with Crippen LogP contribution in [-0.4, -0.2) is 12.6 Å². The number of halogens is 3. The lowest BCUT2D eigenvalue weighted by Crippen LogP contribution is -2.32. The fourth-order valence-corrected chi connectivity index (χ4v) is 1.74. The molecule has 1 atom stereocenters. The van der Waals surface area contributed by atoms with Gasteiger partial charge in [0.15, 0.2) is 0 Å². The number of fused-ring (bicyclic) bond motifs is 1. The number of benzene rings is 1. The first-order valence-electron chi connectivity index (χ1n) is 5.22. The highest BCUT2D eigenvalue weighted by molar-refractivity contribution is 5.72. The average Bonchev–Trinajstić information content (AvgIpc) is 2.26. The van der Waals surface area contributed by atoms with E-state index in [1.807, 2.05) is 6.92 Å². The molecule has 0 bridgehead atoms. The molecule has 0 saturated carbocycles. The Hall–Kier alpha value is -1.39. The molecule has 0 aliphatic carbocycles. The van der Waals surface area contributed by atoms with Gasteiger partial charge in [0.2, 0.25) is 0 Å². The number of alkyl halides is 3. The van der Waals surface area contributed by atoms with Crippen LogP contribution in [0.3, 0.4) is 0 Å². The van der Waals surface area contributed by atoms with Gasteiger partial charge in [0.1, 0.15) is 0 Å². The molecule has 0 spiro atoms. The standard InChI is InChI=1S/C11H13F3N2/c1-2-8-6-15-10-5-7(11(12,13)14)3-4-9(10)16-8/h3-5,8,15-16H,2,6H2,1H3/t8-/m1/s1. The predicted molar refractivity (Wildman–Crippen MR) is 57.6 cm³/mol. The molecule has 2 N–H and O–H groups in total. The normalized spacial score (nSPS) is 19.6. The van der Waals surface area contributed by atoms with E-state index in [1.165, 1.54) is 6.07 Å². The molecule has 16 heavy (non-hydrogen) atoms. The third-order valence-electron chi connectivity index (χ3n) is 2.74. The zero-order valence-corrected chi connectivity index (χ0v) is 8.86. The van der Waals surface area contributed by atoms with E-state index < -0.39 is 11.7 Å². The molecule has 1 aliphatic heterocycles. The van der Waals surface area contributed by atoms with Crippen LogP contribution in [0, 0.1) is 0 Å². The van der Waals surface area contributed by atoms with Gasteiger partial charge in [-0.3, -0.25) is 0 Å². The first-order valence-corrected chi connectivity index (χ1v) is 5.22. The number of nitrogens with one attached hydrogen (secondary N) is 2. The van der Waals surface area contributed by atoms with Crippen molar-refractivity contribution >= 4 is 11.4 Å². The topological polar surface area (TPSA) is 24.1 Å². The first kappa shape index (κ1) is 11.1. The summed E-state index contributed by atoms with van der Waals surface area (Å²) in [5.74, 6) is 0. The summed E-state index contributed by atoms with van der Waals surface area (Å²) in [6, 6.07) is 4.01. The molecule has 2 rings (SSSR count). The monoisotopic (exact) mass is 230 g/mol. The van der Waals surface area contributed by atoms with Crippen LogP contribution in [0.25, 0.3) is 0 Å². The van der Waals surface area contributed by atoms with Crippen LogP contribution < -0.4 is 10.6 Å². The molecule has 0 unspecified atom stereocenters. The number of rotatable bonds is 1. The molecule has 1 aromatic carbocycles. The molecule has 0 fully saturated rings. The maximum Gasteiger partial charge on any atom is 0.416 e. The summed E-state index contributed by atoms with van der Waals surface area (Å²) in [4.78, 5) is 0. The summed E-state index contributed by atoms with van der Waals surface area (Å²) in [7, 11) is 0. The lowest BCUT2D eigenvalue weighted by atomic mass is 10.1. The Morgan fingerprint density at radius 1 is 1.31 bits per heavy atom. The number of anilines is 2. The van der Waals surface area contributed by atoms with E-state index in [0.29, 0.717) is 12.2 Å². The zero-order valence-electron chi connectivity index (χ0n) is 8.86. The second-order valence-electron chi connectivity index (χ2n) is 3.89. The molecule has 5 heteroatoms. The lowest BCUT2D eigenvalue weighted by molar-refractivity contribution is -0.137. The molecule has 1 aromatic rings. The Balaban J connectivity index is 2.28. The van der Waals surface area contributed by atoms with Gasteiger partial charge in [0.25, 0.3) is 0 Å². The van der Waals surface area contributed by atoms with Crippen molar-refractivity contribution in [2.45, 2.75) is 25.6 Å². The summed E-state index contributed by atoms with van der Waals surface area (Å²) in [5, 5.41) is 6.21. The largest absolute Gasteiger partial charge is 0.416 e. The van der Waals surface area contributed by atoms with Gasteiger partial charge in [0.05, 0.1) is 16.9 Å². The molecule has 88 valence electrons. The van der Waals surface area contributed by atoms with Gasteiger partial charge in [0, 0.05) is 12.6 Å². The summed E-state index contributed by atoms with van der Waals surface area (Å²) in [5.41, 5.74) is 0.654. The van der Waals surface area contributed by atoms with Crippen LogP contribution in [0.5, 0.6) is 0 Å². The van der Waals surface area contributed by atoms with Crippen LogP contribution in [0.2, 0.25) is 0 Å². The molecule has 1 aliphatic rings. The van der Waals surface area contributed by atoms with Crippen molar-refractivity contribution in [2.24, 2.45) is 0 Å². The maximum absolute atomic E-state index is 12.5. The van der Waals surface area contributed by atoms with E-state index in [-0.39, 0.29) is 6.04 Å². The highest BCUT2D eigenvalue weighted by Crippen LogP contribution is 2.35. The van der Waals surface area contributed by atoms with Crippen LogP contribution in [0.1, 0.15) is 18.9 Å². The second kappa shape index (κ2) is 3.88. The van der Waals surface area contributed by atoms with E-state index in [0.717, 1.165) is 24.2 Å². The summed E-state index contributed by atoms with van der Waals surface area (Å²) >= 11 is 0. The second-order valence-corrected chi connectivity index (χ2v) is 3.89.